The van der Waals surface area contributed by atoms with Crippen LogP contribution in [0, 0.1) is 5.92 Å². The zero-order valence-electron chi connectivity index (χ0n) is 10.9. The van der Waals surface area contributed by atoms with Gasteiger partial charge in [0, 0.05) is 12.1 Å². The van der Waals surface area contributed by atoms with Crippen molar-refractivity contribution < 1.29 is 4.74 Å². The summed E-state index contributed by atoms with van der Waals surface area (Å²) in [6.07, 6.45) is 1.15. The Labute approximate surface area is 104 Å². The van der Waals surface area contributed by atoms with Gasteiger partial charge in [-0.2, -0.15) is 0 Å². The minimum Gasteiger partial charge on any atom is -0.495 e. The van der Waals surface area contributed by atoms with Gasteiger partial charge in [0.25, 0.3) is 0 Å². The Morgan fingerprint density at radius 1 is 1.41 bits per heavy atom. The molecule has 17 heavy (non-hydrogen) atoms. The van der Waals surface area contributed by atoms with E-state index in [1.165, 1.54) is 5.69 Å². The maximum absolute atomic E-state index is 5.86. The van der Waals surface area contributed by atoms with Crippen LogP contribution < -0.4 is 15.4 Å². The van der Waals surface area contributed by atoms with Gasteiger partial charge in [-0.25, -0.2) is 0 Å². The number of hydrogen-bond acceptors (Lipinski definition) is 3. The number of benzene rings is 1. The summed E-state index contributed by atoms with van der Waals surface area (Å²) < 4.78 is 5.45. The third-order valence-corrected chi connectivity index (χ3v) is 4.06. The lowest BCUT2D eigenvalue weighted by atomic mass is 9.88. The minimum atomic E-state index is 0.101. The molecule has 0 saturated carbocycles. The van der Waals surface area contributed by atoms with E-state index in [2.05, 4.69) is 30.9 Å². The van der Waals surface area contributed by atoms with Gasteiger partial charge in [-0.15, -0.1) is 0 Å². The molecule has 0 amide bonds. The van der Waals surface area contributed by atoms with Crippen LogP contribution in [-0.4, -0.2) is 25.7 Å². The van der Waals surface area contributed by atoms with Crippen LogP contribution in [0.3, 0.4) is 0 Å². The lowest BCUT2D eigenvalue weighted by Crippen LogP contribution is -2.44. The predicted molar refractivity (Wildman–Crippen MR) is 71.6 cm³/mol. The van der Waals surface area contributed by atoms with Gasteiger partial charge in [-0.05, 0) is 44.9 Å². The molecule has 1 heterocycles. The highest BCUT2D eigenvalue weighted by Gasteiger charge is 2.41. The van der Waals surface area contributed by atoms with Crippen molar-refractivity contribution >= 4 is 5.69 Å². The van der Waals surface area contributed by atoms with Crippen molar-refractivity contribution in [2.75, 3.05) is 25.1 Å². The molecule has 0 spiro atoms. The van der Waals surface area contributed by atoms with Crippen molar-refractivity contribution in [3.8, 4) is 5.75 Å². The lowest BCUT2D eigenvalue weighted by Gasteiger charge is -2.38. The fourth-order valence-corrected chi connectivity index (χ4v) is 2.84. The number of ether oxygens (including phenoxy) is 1. The minimum absolute atomic E-state index is 0.101. The monoisotopic (exact) mass is 234 g/mol. The molecule has 1 saturated heterocycles. The smallest absolute Gasteiger partial charge is 0.142 e. The average molecular weight is 234 g/mol. The highest BCUT2D eigenvalue weighted by atomic mass is 16.5. The Balaban J connectivity index is 2.35. The number of rotatable bonds is 3. The quantitative estimate of drug-likeness (QED) is 0.872. The molecule has 0 bridgehead atoms. The molecule has 2 rings (SSSR count). The summed E-state index contributed by atoms with van der Waals surface area (Å²) in [5, 5.41) is 0. The molecule has 1 atom stereocenters. The van der Waals surface area contributed by atoms with E-state index in [4.69, 9.17) is 10.5 Å². The van der Waals surface area contributed by atoms with Gasteiger partial charge in [0.05, 0.1) is 12.8 Å². The van der Waals surface area contributed by atoms with Gasteiger partial charge in [-0.1, -0.05) is 12.1 Å². The molecule has 0 radical (unpaired) electrons. The first-order valence-corrected chi connectivity index (χ1v) is 6.22. The third kappa shape index (κ3) is 2.00. The van der Waals surface area contributed by atoms with Crippen molar-refractivity contribution in [1.82, 2.24) is 0 Å². The number of anilines is 1. The van der Waals surface area contributed by atoms with Crippen LogP contribution in [0.15, 0.2) is 24.3 Å². The van der Waals surface area contributed by atoms with Crippen LogP contribution in [0.25, 0.3) is 0 Å². The van der Waals surface area contributed by atoms with Gasteiger partial charge in [0.15, 0.2) is 0 Å². The number of nitrogens with zero attached hydrogens (tertiary/aromatic N) is 1. The van der Waals surface area contributed by atoms with Gasteiger partial charge < -0.3 is 15.4 Å². The highest BCUT2D eigenvalue weighted by molar-refractivity contribution is 5.61. The van der Waals surface area contributed by atoms with Gasteiger partial charge in [-0.3, -0.25) is 0 Å². The van der Waals surface area contributed by atoms with E-state index in [0.717, 1.165) is 25.3 Å². The topological polar surface area (TPSA) is 38.5 Å². The molecule has 1 unspecified atom stereocenters. The summed E-state index contributed by atoms with van der Waals surface area (Å²) in [5.41, 5.74) is 7.14. The Bertz CT molecular complexity index is 390. The molecule has 1 aromatic rings. The second-order valence-electron chi connectivity index (χ2n) is 5.20. The molecule has 0 aliphatic carbocycles. The lowest BCUT2D eigenvalue weighted by molar-refractivity contribution is 0.367. The molecule has 1 aliphatic rings. The van der Waals surface area contributed by atoms with E-state index >= 15 is 0 Å². The van der Waals surface area contributed by atoms with E-state index in [1.54, 1.807) is 7.11 Å². The van der Waals surface area contributed by atoms with Crippen molar-refractivity contribution in [2.45, 2.75) is 25.8 Å². The number of hydrogen-bond donors (Lipinski definition) is 1. The molecule has 3 nitrogen and oxygen atoms in total. The normalized spacial score (nSPS) is 22.8. The molecule has 1 aliphatic heterocycles. The Hall–Kier alpha value is -1.22. The fourth-order valence-electron chi connectivity index (χ4n) is 2.84. The summed E-state index contributed by atoms with van der Waals surface area (Å²) in [4.78, 5) is 2.42. The van der Waals surface area contributed by atoms with E-state index in [1.807, 2.05) is 12.1 Å². The largest absolute Gasteiger partial charge is 0.495 e. The van der Waals surface area contributed by atoms with Crippen LogP contribution in [0.5, 0.6) is 5.75 Å². The molecule has 2 N–H and O–H groups in total. The van der Waals surface area contributed by atoms with E-state index < -0.39 is 0 Å². The first-order chi connectivity index (χ1) is 8.11. The van der Waals surface area contributed by atoms with Crippen LogP contribution in [0.2, 0.25) is 0 Å². The van der Waals surface area contributed by atoms with Crippen molar-refractivity contribution in [3.63, 3.8) is 0 Å². The van der Waals surface area contributed by atoms with E-state index in [-0.39, 0.29) is 5.54 Å². The van der Waals surface area contributed by atoms with Crippen molar-refractivity contribution in [2.24, 2.45) is 11.7 Å². The summed E-state index contributed by atoms with van der Waals surface area (Å²) in [6.45, 7) is 6.34. The maximum Gasteiger partial charge on any atom is 0.142 e. The van der Waals surface area contributed by atoms with Crippen LogP contribution in [0.1, 0.15) is 20.3 Å². The summed E-state index contributed by atoms with van der Waals surface area (Å²) in [7, 11) is 1.72. The standard InChI is InChI=1S/C14H22N2O/c1-14(2)11(10-15)8-9-16(14)12-6-4-5-7-13(12)17-3/h4-7,11H,8-10,15H2,1-3H3. The predicted octanol–water partition coefficient (Wildman–Crippen LogP) is 2.26. The van der Waals surface area contributed by atoms with Crippen molar-refractivity contribution in [3.05, 3.63) is 24.3 Å². The highest BCUT2D eigenvalue weighted by Crippen LogP contribution is 2.41. The Morgan fingerprint density at radius 3 is 2.71 bits per heavy atom. The first-order valence-electron chi connectivity index (χ1n) is 6.22. The van der Waals surface area contributed by atoms with E-state index in [0.29, 0.717) is 5.92 Å². The molecule has 3 heteroatoms. The molecule has 1 fully saturated rings. The Morgan fingerprint density at radius 2 is 2.12 bits per heavy atom. The summed E-state index contributed by atoms with van der Waals surface area (Å²) in [6, 6.07) is 8.20. The number of nitrogens with two attached hydrogens (primary N) is 1. The maximum atomic E-state index is 5.86. The summed E-state index contributed by atoms with van der Waals surface area (Å²) in [5.74, 6) is 1.49. The zero-order chi connectivity index (χ0) is 12.5. The summed E-state index contributed by atoms with van der Waals surface area (Å²) >= 11 is 0. The van der Waals surface area contributed by atoms with Gasteiger partial charge in [0.1, 0.15) is 5.75 Å². The van der Waals surface area contributed by atoms with Crippen LogP contribution >= 0.6 is 0 Å². The second kappa shape index (κ2) is 4.57. The SMILES string of the molecule is COc1ccccc1N1CCC(CN)C1(C)C. The number of methoxy groups -OCH3 is 1. The number of para-hydroxylation sites is 2. The molecular weight excluding hydrogens is 212 g/mol. The van der Waals surface area contributed by atoms with Gasteiger partial charge >= 0.3 is 0 Å². The third-order valence-electron chi connectivity index (χ3n) is 4.06. The molecule has 0 aromatic heterocycles. The second-order valence-corrected chi connectivity index (χ2v) is 5.20. The first kappa shape index (κ1) is 12.2. The average Bonchev–Trinajstić information content (AvgIpc) is 2.63. The Kier molecular flexibility index (Phi) is 3.29. The molecule has 94 valence electrons. The molecule has 1 aromatic carbocycles. The fraction of sp³-hybridized carbons (Fsp3) is 0.571. The van der Waals surface area contributed by atoms with Crippen LogP contribution in [0.4, 0.5) is 5.69 Å². The van der Waals surface area contributed by atoms with Crippen LogP contribution in [-0.2, 0) is 0 Å². The van der Waals surface area contributed by atoms with Gasteiger partial charge in [0.2, 0.25) is 0 Å². The van der Waals surface area contributed by atoms with E-state index in [9.17, 15) is 0 Å². The van der Waals surface area contributed by atoms with Crippen molar-refractivity contribution in [1.29, 1.82) is 0 Å². The molecular formula is C14H22N2O. The zero-order valence-corrected chi connectivity index (χ0v) is 10.9.